The number of primary sulfonamides is 1. The predicted molar refractivity (Wildman–Crippen MR) is 87.8 cm³/mol. The molecular formula is C14H21N3O7S. The van der Waals surface area contributed by atoms with E-state index in [4.69, 9.17) is 19.7 Å². The van der Waals surface area contributed by atoms with Gasteiger partial charge >= 0.3 is 6.09 Å². The second-order valence-electron chi connectivity index (χ2n) is 4.78. The van der Waals surface area contributed by atoms with Gasteiger partial charge < -0.3 is 25.2 Å². The van der Waals surface area contributed by atoms with Crippen LogP contribution in [0.15, 0.2) is 29.2 Å². The predicted octanol–water partition coefficient (Wildman–Crippen LogP) is -0.635. The van der Waals surface area contributed by atoms with E-state index < -0.39 is 16.1 Å². The Morgan fingerprint density at radius 1 is 0.960 bits per heavy atom. The topological polar surface area (TPSA) is 157 Å². The molecule has 10 nitrogen and oxygen atoms in total. The summed E-state index contributed by atoms with van der Waals surface area (Å²) in [6.07, 6.45) is -1.10. The Morgan fingerprint density at radius 2 is 1.48 bits per heavy atom. The average molecular weight is 375 g/mol. The van der Waals surface area contributed by atoms with Gasteiger partial charge in [0, 0.05) is 18.7 Å². The van der Waals surface area contributed by atoms with Crippen LogP contribution in [0.3, 0.4) is 0 Å². The van der Waals surface area contributed by atoms with Gasteiger partial charge in [0.15, 0.2) is 0 Å². The molecule has 5 N–H and O–H groups in total. The van der Waals surface area contributed by atoms with Crippen molar-refractivity contribution in [2.45, 2.75) is 4.90 Å². The standard InChI is InChI=1S/C14H21N3O7S/c15-25(21,22)12-3-1-11(2-4-12)13(18)16-5-7-23-9-10-24-8-6-17-14(19)20/h1-4,17H,5-10H2,(H,16,18)(H,19,20)(H2,15,21,22). The molecule has 0 aliphatic heterocycles. The molecule has 2 amide bonds. The molecule has 0 unspecified atom stereocenters. The Balaban J connectivity index is 2.12. The summed E-state index contributed by atoms with van der Waals surface area (Å²) in [5, 5.41) is 18.1. The number of nitrogens with one attached hydrogen (secondary N) is 2. The Bertz CT molecular complexity index is 662. The number of sulfonamides is 1. The van der Waals surface area contributed by atoms with Crippen molar-refractivity contribution in [1.29, 1.82) is 0 Å². The van der Waals surface area contributed by atoms with Gasteiger partial charge in [0.1, 0.15) is 0 Å². The molecule has 0 bridgehead atoms. The number of amides is 2. The molecular weight excluding hydrogens is 354 g/mol. The van der Waals surface area contributed by atoms with Gasteiger partial charge in [0.05, 0.1) is 31.3 Å². The fraction of sp³-hybridized carbons (Fsp3) is 0.429. The number of hydrogen-bond acceptors (Lipinski definition) is 6. The molecule has 1 aromatic rings. The first-order valence-corrected chi connectivity index (χ1v) is 8.88. The third-order valence-electron chi connectivity index (χ3n) is 2.87. The second-order valence-corrected chi connectivity index (χ2v) is 6.34. The van der Waals surface area contributed by atoms with Gasteiger partial charge in [-0.05, 0) is 24.3 Å². The van der Waals surface area contributed by atoms with Crippen LogP contribution in [0.5, 0.6) is 0 Å². The van der Waals surface area contributed by atoms with Crippen LogP contribution >= 0.6 is 0 Å². The largest absolute Gasteiger partial charge is 0.465 e. The first-order valence-electron chi connectivity index (χ1n) is 7.34. The van der Waals surface area contributed by atoms with Gasteiger partial charge in [0.2, 0.25) is 10.0 Å². The maximum Gasteiger partial charge on any atom is 0.404 e. The summed E-state index contributed by atoms with van der Waals surface area (Å²) in [5.41, 5.74) is 0.307. The van der Waals surface area contributed by atoms with Crippen molar-refractivity contribution in [2.24, 2.45) is 5.14 Å². The summed E-state index contributed by atoms with van der Waals surface area (Å²) in [6, 6.07) is 5.26. The minimum absolute atomic E-state index is 0.0639. The highest BCUT2D eigenvalue weighted by Gasteiger charge is 2.09. The zero-order chi connectivity index (χ0) is 18.7. The van der Waals surface area contributed by atoms with E-state index in [-0.39, 0.29) is 37.1 Å². The molecule has 25 heavy (non-hydrogen) atoms. The molecule has 0 saturated carbocycles. The highest BCUT2D eigenvalue weighted by atomic mass is 32.2. The van der Waals surface area contributed by atoms with Gasteiger partial charge in [-0.15, -0.1) is 0 Å². The monoisotopic (exact) mass is 375 g/mol. The number of carbonyl (C=O) groups is 2. The summed E-state index contributed by atoms with van der Waals surface area (Å²) >= 11 is 0. The molecule has 0 spiro atoms. The van der Waals surface area contributed by atoms with Crippen molar-refractivity contribution in [3.8, 4) is 0 Å². The molecule has 140 valence electrons. The summed E-state index contributed by atoms with van der Waals surface area (Å²) in [7, 11) is -3.78. The number of rotatable bonds is 11. The lowest BCUT2D eigenvalue weighted by Gasteiger charge is -2.08. The normalized spacial score (nSPS) is 11.1. The second kappa shape index (κ2) is 10.6. The van der Waals surface area contributed by atoms with Gasteiger partial charge in [-0.25, -0.2) is 18.4 Å². The number of carboxylic acid groups (broad SMARTS) is 1. The van der Waals surface area contributed by atoms with Crippen LogP contribution in [-0.2, 0) is 19.5 Å². The van der Waals surface area contributed by atoms with Crippen molar-refractivity contribution >= 4 is 22.0 Å². The highest BCUT2D eigenvalue weighted by molar-refractivity contribution is 7.89. The van der Waals surface area contributed by atoms with Crippen molar-refractivity contribution in [2.75, 3.05) is 39.5 Å². The van der Waals surface area contributed by atoms with Gasteiger partial charge in [-0.1, -0.05) is 0 Å². The van der Waals surface area contributed by atoms with Gasteiger partial charge in [-0.3, -0.25) is 4.79 Å². The average Bonchev–Trinajstić information content (AvgIpc) is 2.55. The Kier molecular flexibility index (Phi) is 8.84. The first kappa shape index (κ1) is 20.8. The van der Waals surface area contributed by atoms with E-state index in [1.807, 2.05) is 0 Å². The van der Waals surface area contributed by atoms with Crippen LogP contribution < -0.4 is 15.8 Å². The van der Waals surface area contributed by atoms with E-state index in [2.05, 4.69) is 10.6 Å². The maximum absolute atomic E-state index is 11.8. The number of ether oxygens (including phenoxy) is 2. The summed E-state index contributed by atoms with van der Waals surface area (Å²) in [4.78, 5) is 21.9. The van der Waals surface area contributed by atoms with Gasteiger partial charge in [0.25, 0.3) is 5.91 Å². The van der Waals surface area contributed by atoms with Gasteiger partial charge in [-0.2, -0.15) is 0 Å². The summed E-state index contributed by atoms with van der Waals surface area (Å²) < 4.78 is 32.6. The third kappa shape index (κ3) is 9.00. The van der Waals surface area contributed by atoms with E-state index >= 15 is 0 Å². The zero-order valence-electron chi connectivity index (χ0n) is 13.4. The van der Waals surface area contributed by atoms with E-state index in [1.165, 1.54) is 24.3 Å². The SMILES string of the molecule is NS(=O)(=O)c1ccc(C(=O)NCCOCCOCCNC(=O)O)cc1. The van der Waals surface area contributed by atoms with Crippen LogP contribution in [0.4, 0.5) is 4.79 Å². The fourth-order valence-corrected chi connectivity index (χ4v) is 2.20. The van der Waals surface area contributed by atoms with Crippen LogP contribution in [0.2, 0.25) is 0 Å². The van der Waals surface area contributed by atoms with Crippen molar-refractivity contribution in [3.63, 3.8) is 0 Å². The molecule has 11 heteroatoms. The van der Waals surface area contributed by atoms with E-state index in [9.17, 15) is 18.0 Å². The minimum Gasteiger partial charge on any atom is -0.465 e. The lowest BCUT2D eigenvalue weighted by molar-refractivity contribution is 0.0493. The zero-order valence-corrected chi connectivity index (χ0v) is 14.3. The molecule has 1 rings (SSSR count). The van der Waals surface area contributed by atoms with E-state index in [0.717, 1.165) is 0 Å². The Labute approximate surface area is 145 Å². The van der Waals surface area contributed by atoms with Crippen molar-refractivity contribution < 1.29 is 32.6 Å². The van der Waals surface area contributed by atoms with E-state index in [1.54, 1.807) is 0 Å². The highest BCUT2D eigenvalue weighted by Crippen LogP contribution is 2.08. The van der Waals surface area contributed by atoms with Crippen LogP contribution in [0.25, 0.3) is 0 Å². The summed E-state index contributed by atoms with van der Waals surface area (Å²) in [6.45, 7) is 1.63. The molecule has 0 saturated heterocycles. The molecule has 0 atom stereocenters. The number of benzene rings is 1. The Morgan fingerprint density at radius 3 is 1.96 bits per heavy atom. The number of carbonyl (C=O) groups excluding carboxylic acids is 1. The van der Waals surface area contributed by atoms with Crippen LogP contribution in [-0.4, -0.2) is 65.0 Å². The summed E-state index contributed by atoms with van der Waals surface area (Å²) in [5.74, 6) is -0.361. The molecule has 1 aromatic carbocycles. The molecule has 0 aromatic heterocycles. The van der Waals surface area contributed by atoms with E-state index in [0.29, 0.717) is 18.8 Å². The molecule has 0 heterocycles. The lowest BCUT2D eigenvalue weighted by atomic mass is 10.2. The molecule has 0 fully saturated rings. The Hall–Kier alpha value is -2.21. The third-order valence-corrected chi connectivity index (χ3v) is 3.80. The number of hydrogen-bond donors (Lipinski definition) is 4. The van der Waals surface area contributed by atoms with Crippen molar-refractivity contribution in [1.82, 2.24) is 10.6 Å². The molecule has 0 radical (unpaired) electrons. The maximum atomic E-state index is 11.8. The number of nitrogens with two attached hydrogens (primary N) is 1. The van der Waals surface area contributed by atoms with Crippen LogP contribution in [0.1, 0.15) is 10.4 Å². The first-order chi connectivity index (χ1) is 11.8. The molecule has 0 aliphatic carbocycles. The smallest absolute Gasteiger partial charge is 0.404 e. The molecule has 0 aliphatic rings. The minimum atomic E-state index is -3.78. The fourth-order valence-electron chi connectivity index (χ4n) is 1.69. The van der Waals surface area contributed by atoms with Crippen LogP contribution in [0, 0.1) is 0 Å². The lowest BCUT2D eigenvalue weighted by Crippen LogP contribution is -2.28. The van der Waals surface area contributed by atoms with Crippen molar-refractivity contribution in [3.05, 3.63) is 29.8 Å². The quantitative estimate of drug-likeness (QED) is 0.375.